The van der Waals surface area contributed by atoms with E-state index in [-0.39, 0.29) is 24.9 Å². The van der Waals surface area contributed by atoms with Gasteiger partial charge in [0, 0.05) is 19.4 Å². The highest BCUT2D eigenvalue weighted by molar-refractivity contribution is 5.84. The van der Waals surface area contributed by atoms with Crippen LogP contribution in [0.3, 0.4) is 0 Å². The van der Waals surface area contributed by atoms with Gasteiger partial charge in [-0.25, -0.2) is 4.79 Å². The van der Waals surface area contributed by atoms with Crippen LogP contribution < -0.4 is 5.32 Å². The highest BCUT2D eigenvalue weighted by Crippen LogP contribution is 2.03. The summed E-state index contributed by atoms with van der Waals surface area (Å²) in [5.74, 6) is -1.44. The Balaban J connectivity index is 3.54. The molecule has 1 amide bonds. The summed E-state index contributed by atoms with van der Waals surface area (Å²) in [4.78, 5) is 45.1. The van der Waals surface area contributed by atoms with E-state index in [9.17, 15) is 19.2 Å². The predicted octanol–water partition coefficient (Wildman–Crippen LogP) is 0.542. The highest BCUT2D eigenvalue weighted by Gasteiger charge is 2.13. The second-order valence-corrected chi connectivity index (χ2v) is 5.76. The molecule has 0 bridgehead atoms. The van der Waals surface area contributed by atoms with Gasteiger partial charge in [0.2, 0.25) is 5.91 Å². The van der Waals surface area contributed by atoms with Crippen LogP contribution in [-0.2, 0) is 28.7 Å². The third kappa shape index (κ3) is 14.3. The first kappa shape index (κ1) is 23.2. The molecule has 0 aliphatic heterocycles. The molecule has 1 atom stereocenters. The Bertz CT molecular complexity index is 435. The number of nitrogens with one attached hydrogen (secondary N) is 1. The maximum absolute atomic E-state index is 11.5. The van der Waals surface area contributed by atoms with Crippen LogP contribution in [-0.4, -0.2) is 61.0 Å². The lowest BCUT2D eigenvalue weighted by molar-refractivity contribution is -0.156. The molecule has 0 aliphatic rings. The van der Waals surface area contributed by atoms with Gasteiger partial charge in [-0.3, -0.25) is 14.4 Å². The number of rotatable bonds is 15. The maximum atomic E-state index is 11.5. The Morgan fingerprint density at radius 3 is 2.32 bits per heavy atom. The number of unbranched alkanes of at least 4 members (excludes halogenated alkanes) is 2. The number of ether oxygens (including phenoxy) is 2. The van der Waals surface area contributed by atoms with Crippen LogP contribution in [0.2, 0.25) is 0 Å². The van der Waals surface area contributed by atoms with Crippen LogP contribution in [0.25, 0.3) is 0 Å². The first-order chi connectivity index (χ1) is 11.9. The van der Waals surface area contributed by atoms with Crippen LogP contribution in [0.15, 0.2) is 0 Å². The van der Waals surface area contributed by atoms with E-state index in [1.807, 2.05) is 6.92 Å². The van der Waals surface area contributed by atoms with Crippen molar-refractivity contribution in [3.63, 3.8) is 0 Å². The van der Waals surface area contributed by atoms with E-state index >= 15 is 0 Å². The number of aliphatic hydroxyl groups is 1. The van der Waals surface area contributed by atoms with Gasteiger partial charge < -0.3 is 19.9 Å². The van der Waals surface area contributed by atoms with E-state index in [2.05, 4.69) is 10.1 Å². The van der Waals surface area contributed by atoms with Crippen molar-refractivity contribution in [1.29, 1.82) is 0 Å². The molecule has 1 unspecified atom stereocenters. The Morgan fingerprint density at radius 1 is 0.960 bits per heavy atom. The van der Waals surface area contributed by atoms with E-state index in [0.717, 1.165) is 25.7 Å². The molecule has 2 N–H and O–H groups in total. The lowest BCUT2D eigenvalue weighted by Crippen LogP contribution is -2.30. The van der Waals surface area contributed by atoms with Crippen LogP contribution in [0.5, 0.6) is 0 Å². The number of carbonyl (C=O) groups excluding carboxylic acids is 4. The topological polar surface area (TPSA) is 119 Å². The maximum Gasteiger partial charge on any atom is 0.335 e. The van der Waals surface area contributed by atoms with E-state index in [1.165, 1.54) is 6.92 Å². The summed E-state index contributed by atoms with van der Waals surface area (Å²) in [5, 5.41) is 11.5. The standard InChI is InChI=1S/C17H29NO7/c1-3-7-14(20)8-5-4-6-9-18-16(22)12-24-10-15(21)11-25-17(23)13(2)19/h13,19H,3-12H2,1-2H3,(H,18,22). The van der Waals surface area contributed by atoms with Gasteiger partial charge >= 0.3 is 5.97 Å². The first-order valence-electron chi connectivity index (χ1n) is 8.59. The van der Waals surface area contributed by atoms with Crippen molar-refractivity contribution >= 4 is 23.4 Å². The average molecular weight is 359 g/mol. The number of hydrogen-bond donors (Lipinski definition) is 2. The van der Waals surface area contributed by atoms with Crippen LogP contribution in [0.4, 0.5) is 0 Å². The Labute approximate surface area is 148 Å². The molecule has 0 fully saturated rings. The quantitative estimate of drug-likeness (QED) is 0.323. The fourth-order valence-electron chi connectivity index (χ4n) is 1.88. The Morgan fingerprint density at radius 2 is 1.68 bits per heavy atom. The molecule has 0 aromatic rings. The minimum atomic E-state index is -1.29. The van der Waals surface area contributed by atoms with E-state index in [1.54, 1.807) is 0 Å². The molecule has 0 saturated carbocycles. The SMILES string of the molecule is CCCC(=O)CCCCCNC(=O)COCC(=O)COC(=O)C(C)O. The number of ketones is 2. The minimum Gasteiger partial charge on any atom is -0.456 e. The summed E-state index contributed by atoms with van der Waals surface area (Å²) in [6.07, 6.45) is 3.27. The molecular formula is C17H29NO7. The molecule has 0 aliphatic carbocycles. The van der Waals surface area contributed by atoms with Gasteiger partial charge in [-0.2, -0.15) is 0 Å². The molecule has 144 valence electrons. The van der Waals surface area contributed by atoms with Gasteiger partial charge in [0.05, 0.1) is 0 Å². The van der Waals surface area contributed by atoms with Crippen molar-refractivity contribution in [1.82, 2.24) is 5.32 Å². The van der Waals surface area contributed by atoms with Gasteiger partial charge in [0.15, 0.2) is 12.4 Å². The summed E-state index contributed by atoms with van der Waals surface area (Å²) in [6, 6.07) is 0. The smallest absolute Gasteiger partial charge is 0.335 e. The summed E-state index contributed by atoms with van der Waals surface area (Å²) in [7, 11) is 0. The van der Waals surface area contributed by atoms with E-state index < -0.39 is 24.5 Å². The molecule has 0 rings (SSSR count). The van der Waals surface area contributed by atoms with Crippen molar-refractivity contribution in [3.8, 4) is 0 Å². The van der Waals surface area contributed by atoms with Gasteiger partial charge in [-0.1, -0.05) is 13.3 Å². The molecule has 0 aromatic heterocycles. The normalized spacial score (nSPS) is 11.6. The fraction of sp³-hybridized carbons (Fsp3) is 0.765. The molecule has 0 heterocycles. The van der Waals surface area contributed by atoms with Crippen LogP contribution in [0, 0.1) is 0 Å². The zero-order valence-electron chi connectivity index (χ0n) is 15.0. The van der Waals surface area contributed by atoms with Gasteiger partial charge in [0.1, 0.15) is 25.1 Å². The highest BCUT2D eigenvalue weighted by atomic mass is 16.6. The third-order valence-corrected chi connectivity index (χ3v) is 3.20. The summed E-state index contributed by atoms with van der Waals surface area (Å²) >= 11 is 0. The van der Waals surface area contributed by atoms with Crippen molar-refractivity contribution < 1.29 is 33.8 Å². The molecule has 0 radical (unpaired) electrons. The number of amides is 1. The number of aliphatic hydroxyl groups excluding tert-OH is 1. The first-order valence-corrected chi connectivity index (χ1v) is 8.59. The van der Waals surface area contributed by atoms with E-state index in [0.29, 0.717) is 19.4 Å². The zero-order valence-corrected chi connectivity index (χ0v) is 15.0. The van der Waals surface area contributed by atoms with E-state index in [4.69, 9.17) is 9.84 Å². The Kier molecular flexibility index (Phi) is 13.5. The van der Waals surface area contributed by atoms with Crippen LogP contribution >= 0.6 is 0 Å². The number of carbonyl (C=O) groups is 4. The number of Topliss-reactive ketones (excluding diaryl/α,β-unsaturated/α-hetero) is 2. The van der Waals surface area contributed by atoms with Crippen molar-refractivity contribution in [2.75, 3.05) is 26.4 Å². The fourth-order valence-corrected chi connectivity index (χ4v) is 1.88. The number of hydrogen-bond acceptors (Lipinski definition) is 7. The zero-order chi connectivity index (χ0) is 19.1. The second-order valence-electron chi connectivity index (χ2n) is 5.76. The molecular weight excluding hydrogens is 330 g/mol. The van der Waals surface area contributed by atoms with Gasteiger partial charge in [0.25, 0.3) is 0 Å². The molecule has 25 heavy (non-hydrogen) atoms. The van der Waals surface area contributed by atoms with Gasteiger partial charge in [-0.05, 0) is 26.2 Å². The third-order valence-electron chi connectivity index (χ3n) is 3.20. The molecule has 8 heteroatoms. The van der Waals surface area contributed by atoms with Crippen molar-refractivity contribution in [2.24, 2.45) is 0 Å². The lowest BCUT2D eigenvalue weighted by Gasteiger charge is -2.07. The monoisotopic (exact) mass is 359 g/mol. The average Bonchev–Trinajstić information content (AvgIpc) is 2.55. The lowest BCUT2D eigenvalue weighted by atomic mass is 10.1. The van der Waals surface area contributed by atoms with Crippen molar-refractivity contribution in [3.05, 3.63) is 0 Å². The Hall–Kier alpha value is -1.80. The molecule has 0 saturated heterocycles. The largest absolute Gasteiger partial charge is 0.456 e. The summed E-state index contributed by atoms with van der Waals surface area (Å²) in [6.45, 7) is 2.60. The number of esters is 1. The van der Waals surface area contributed by atoms with Crippen LogP contribution in [0.1, 0.15) is 52.4 Å². The summed E-state index contributed by atoms with van der Waals surface area (Å²) in [5.41, 5.74) is 0. The second kappa shape index (κ2) is 14.5. The molecule has 0 spiro atoms. The van der Waals surface area contributed by atoms with Gasteiger partial charge in [-0.15, -0.1) is 0 Å². The van der Waals surface area contributed by atoms with Crippen molar-refractivity contribution in [2.45, 2.75) is 58.5 Å². The minimum absolute atomic E-state index is 0.259. The molecule has 0 aromatic carbocycles. The molecule has 8 nitrogen and oxygen atoms in total. The summed E-state index contributed by atoms with van der Waals surface area (Å²) < 4.78 is 9.44. The predicted molar refractivity (Wildman–Crippen MR) is 89.9 cm³/mol.